The van der Waals surface area contributed by atoms with Crippen LogP contribution in [0.5, 0.6) is 5.75 Å². The van der Waals surface area contributed by atoms with Crippen molar-refractivity contribution in [2.75, 3.05) is 13.1 Å². The van der Waals surface area contributed by atoms with E-state index >= 15 is 0 Å². The number of halogens is 3. The summed E-state index contributed by atoms with van der Waals surface area (Å²) in [5, 5.41) is 0. The van der Waals surface area contributed by atoms with Crippen molar-refractivity contribution in [1.29, 1.82) is 0 Å². The SMILES string of the molecule is CC1CCCCN(C(=O)c2ccc(OC(F)(F)F)cc2)C1. The number of alkyl halides is 3. The molecule has 1 aromatic carbocycles. The van der Waals surface area contributed by atoms with E-state index in [-0.39, 0.29) is 11.7 Å². The smallest absolute Gasteiger partial charge is 0.406 e. The molecular formula is C15H18F3NO2. The number of ether oxygens (including phenoxy) is 1. The van der Waals surface area contributed by atoms with Crippen molar-refractivity contribution in [3.8, 4) is 5.75 Å². The lowest BCUT2D eigenvalue weighted by Gasteiger charge is -2.23. The van der Waals surface area contributed by atoms with Gasteiger partial charge in [0.2, 0.25) is 0 Å². The van der Waals surface area contributed by atoms with Gasteiger partial charge in [0, 0.05) is 18.7 Å². The van der Waals surface area contributed by atoms with E-state index in [0.717, 1.165) is 19.3 Å². The monoisotopic (exact) mass is 301 g/mol. The summed E-state index contributed by atoms with van der Waals surface area (Å²) in [7, 11) is 0. The minimum absolute atomic E-state index is 0.137. The summed E-state index contributed by atoms with van der Waals surface area (Å²) in [5.41, 5.74) is 0.388. The summed E-state index contributed by atoms with van der Waals surface area (Å²) < 4.78 is 40.0. The predicted octanol–water partition coefficient (Wildman–Crippen LogP) is 3.85. The predicted molar refractivity (Wildman–Crippen MR) is 72.0 cm³/mol. The molecule has 2 rings (SSSR count). The summed E-state index contributed by atoms with van der Waals surface area (Å²) in [6, 6.07) is 5.09. The highest BCUT2D eigenvalue weighted by Gasteiger charge is 2.31. The van der Waals surface area contributed by atoms with Crippen LogP contribution < -0.4 is 4.74 Å². The molecule has 0 spiro atoms. The number of hydrogen-bond donors (Lipinski definition) is 0. The molecule has 0 radical (unpaired) electrons. The summed E-state index contributed by atoms with van der Waals surface area (Å²) >= 11 is 0. The summed E-state index contributed by atoms with van der Waals surface area (Å²) in [6.45, 7) is 3.50. The molecule has 0 N–H and O–H groups in total. The molecule has 1 heterocycles. The van der Waals surface area contributed by atoms with Gasteiger partial charge in [0.05, 0.1) is 0 Å². The number of likely N-dealkylation sites (tertiary alicyclic amines) is 1. The fourth-order valence-corrected chi connectivity index (χ4v) is 2.52. The average molecular weight is 301 g/mol. The molecule has 1 saturated heterocycles. The summed E-state index contributed by atoms with van der Waals surface area (Å²) in [5.74, 6) is -0.00474. The van der Waals surface area contributed by atoms with Crippen molar-refractivity contribution in [1.82, 2.24) is 4.90 Å². The minimum atomic E-state index is -4.72. The zero-order valence-electron chi connectivity index (χ0n) is 11.8. The maximum absolute atomic E-state index is 12.4. The molecule has 1 aliphatic heterocycles. The fourth-order valence-electron chi connectivity index (χ4n) is 2.52. The van der Waals surface area contributed by atoms with Gasteiger partial charge in [0.25, 0.3) is 5.91 Å². The van der Waals surface area contributed by atoms with Crippen molar-refractivity contribution in [3.05, 3.63) is 29.8 Å². The molecule has 1 aliphatic rings. The number of benzene rings is 1. The maximum Gasteiger partial charge on any atom is 0.573 e. The van der Waals surface area contributed by atoms with Gasteiger partial charge in [0.1, 0.15) is 5.75 Å². The van der Waals surface area contributed by atoms with Crippen LogP contribution in [0.3, 0.4) is 0 Å². The zero-order chi connectivity index (χ0) is 15.5. The van der Waals surface area contributed by atoms with Crippen LogP contribution in [-0.4, -0.2) is 30.3 Å². The Morgan fingerprint density at radius 3 is 2.52 bits per heavy atom. The number of rotatable bonds is 2. The van der Waals surface area contributed by atoms with Crippen LogP contribution in [0, 0.1) is 5.92 Å². The van der Waals surface area contributed by atoms with E-state index in [4.69, 9.17) is 0 Å². The Morgan fingerprint density at radius 1 is 1.24 bits per heavy atom. The molecule has 6 heteroatoms. The van der Waals surface area contributed by atoms with Gasteiger partial charge in [-0.15, -0.1) is 13.2 Å². The van der Waals surface area contributed by atoms with Crippen LogP contribution in [0.2, 0.25) is 0 Å². The highest BCUT2D eigenvalue weighted by Crippen LogP contribution is 2.24. The lowest BCUT2D eigenvalue weighted by atomic mass is 10.1. The largest absolute Gasteiger partial charge is 0.573 e. The third kappa shape index (κ3) is 4.65. The first-order valence-corrected chi connectivity index (χ1v) is 7.00. The van der Waals surface area contributed by atoms with E-state index in [0.29, 0.717) is 24.6 Å². The van der Waals surface area contributed by atoms with Crippen molar-refractivity contribution in [2.45, 2.75) is 32.5 Å². The van der Waals surface area contributed by atoms with Crippen LogP contribution in [0.15, 0.2) is 24.3 Å². The Labute approximate surface area is 121 Å². The van der Waals surface area contributed by atoms with Gasteiger partial charge in [-0.05, 0) is 43.0 Å². The third-order valence-electron chi connectivity index (χ3n) is 3.53. The average Bonchev–Trinajstić information content (AvgIpc) is 2.62. The molecule has 1 fully saturated rings. The standard InChI is InChI=1S/C15H18F3NO2/c1-11-4-2-3-9-19(10-11)14(20)12-5-7-13(8-6-12)21-15(16,17)18/h5-8,11H,2-4,9-10H2,1H3. The normalized spacial score (nSPS) is 20.0. The Kier molecular flexibility index (Phi) is 4.75. The van der Waals surface area contributed by atoms with Crippen LogP contribution in [0.25, 0.3) is 0 Å². The first-order valence-electron chi connectivity index (χ1n) is 7.00. The number of carbonyl (C=O) groups is 1. The van der Waals surface area contributed by atoms with Gasteiger partial charge in [-0.25, -0.2) is 0 Å². The Morgan fingerprint density at radius 2 is 1.90 bits per heavy atom. The molecule has 1 aromatic rings. The number of carbonyl (C=O) groups excluding carboxylic acids is 1. The van der Waals surface area contributed by atoms with Crippen LogP contribution in [0.1, 0.15) is 36.5 Å². The molecule has 1 atom stereocenters. The van der Waals surface area contributed by atoms with E-state index in [1.807, 2.05) is 0 Å². The molecule has 3 nitrogen and oxygen atoms in total. The minimum Gasteiger partial charge on any atom is -0.406 e. The van der Waals surface area contributed by atoms with E-state index in [2.05, 4.69) is 11.7 Å². The molecule has 0 aliphatic carbocycles. The third-order valence-corrected chi connectivity index (χ3v) is 3.53. The van der Waals surface area contributed by atoms with Gasteiger partial charge in [0.15, 0.2) is 0 Å². The summed E-state index contributed by atoms with van der Waals surface area (Å²) in [6.07, 6.45) is -1.55. The second kappa shape index (κ2) is 6.37. The Balaban J connectivity index is 2.05. The molecule has 1 unspecified atom stereocenters. The first kappa shape index (κ1) is 15.7. The molecule has 1 amide bonds. The lowest BCUT2D eigenvalue weighted by molar-refractivity contribution is -0.274. The molecule has 116 valence electrons. The molecule has 0 aromatic heterocycles. The van der Waals surface area contributed by atoms with Gasteiger partial charge < -0.3 is 9.64 Å². The molecule has 0 saturated carbocycles. The number of hydrogen-bond acceptors (Lipinski definition) is 2. The number of nitrogens with zero attached hydrogens (tertiary/aromatic N) is 1. The van der Waals surface area contributed by atoms with E-state index in [1.165, 1.54) is 24.3 Å². The van der Waals surface area contributed by atoms with Crippen LogP contribution >= 0.6 is 0 Å². The topological polar surface area (TPSA) is 29.5 Å². The maximum atomic E-state index is 12.4. The highest BCUT2D eigenvalue weighted by atomic mass is 19.4. The van der Waals surface area contributed by atoms with Crippen LogP contribution in [-0.2, 0) is 0 Å². The number of amides is 1. The highest BCUT2D eigenvalue weighted by molar-refractivity contribution is 5.94. The van der Waals surface area contributed by atoms with Crippen molar-refractivity contribution < 1.29 is 22.7 Å². The van der Waals surface area contributed by atoms with Crippen molar-refractivity contribution in [3.63, 3.8) is 0 Å². The van der Waals surface area contributed by atoms with Crippen molar-refractivity contribution >= 4 is 5.91 Å². The van der Waals surface area contributed by atoms with Crippen LogP contribution in [0.4, 0.5) is 13.2 Å². The van der Waals surface area contributed by atoms with E-state index in [9.17, 15) is 18.0 Å². The van der Waals surface area contributed by atoms with E-state index < -0.39 is 6.36 Å². The molecular weight excluding hydrogens is 283 g/mol. The lowest BCUT2D eigenvalue weighted by Crippen LogP contribution is -2.34. The summed E-state index contributed by atoms with van der Waals surface area (Å²) in [4.78, 5) is 14.1. The molecule has 0 bridgehead atoms. The Hall–Kier alpha value is -1.72. The van der Waals surface area contributed by atoms with Gasteiger partial charge >= 0.3 is 6.36 Å². The van der Waals surface area contributed by atoms with Gasteiger partial charge in [-0.3, -0.25) is 4.79 Å². The first-order chi connectivity index (χ1) is 9.85. The Bertz CT molecular complexity index is 485. The van der Waals surface area contributed by atoms with E-state index in [1.54, 1.807) is 4.90 Å². The zero-order valence-corrected chi connectivity index (χ0v) is 11.8. The molecule has 21 heavy (non-hydrogen) atoms. The van der Waals surface area contributed by atoms with Crippen molar-refractivity contribution in [2.24, 2.45) is 5.92 Å². The quantitative estimate of drug-likeness (QED) is 0.830. The fraction of sp³-hybridized carbons (Fsp3) is 0.533. The second-order valence-corrected chi connectivity index (χ2v) is 5.42. The van der Waals surface area contributed by atoms with Gasteiger partial charge in [-0.2, -0.15) is 0 Å². The second-order valence-electron chi connectivity index (χ2n) is 5.42. The van der Waals surface area contributed by atoms with Gasteiger partial charge in [-0.1, -0.05) is 13.3 Å².